The van der Waals surface area contributed by atoms with E-state index in [1.54, 1.807) is 55.2 Å². The van der Waals surface area contributed by atoms with Crippen LogP contribution >= 0.6 is 0 Å². The predicted molar refractivity (Wildman–Crippen MR) is 83.0 cm³/mol. The van der Waals surface area contributed by atoms with Crippen LogP contribution in [0.25, 0.3) is 0 Å². The second-order valence-electron chi connectivity index (χ2n) is 5.28. The number of aryl methyl sites for hydroxylation is 2. The first-order valence-electron chi connectivity index (χ1n) is 6.94. The highest BCUT2D eigenvalue weighted by Gasteiger charge is 2.21. The lowest BCUT2D eigenvalue weighted by Gasteiger charge is -2.15. The molecule has 8 nitrogen and oxygen atoms in total. The van der Waals surface area contributed by atoms with Crippen molar-refractivity contribution in [2.24, 2.45) is 7.05 Å². The number of nitrogens with one attached hydrogen (secondary N) is 2. The van der Waals surface area contributed by atoms with Crippen molar-refractivity contribution >= 4 is 10.0 Å². The minimum Gasteiger partial charge on any atom is -0.372 e. The molecule has 0 fully saturated rings. The summed E-state index contributed by atoms with van der Waals surface area (Å²) in [6.45, 7) is 3.44. The minimum absolute atomic E-state index is 0.0270. The number of imidazole rings is 1. The van der Waals surface area contributed by atoms with E-state index in [0.717, 1.165) is 5.56 Å². The van der Waals surface area contributed by atoms with Crippen molar-refractivity contribution in [3.8, 4) is 0 Å². The fourth-order valence-electron chi connectivity index (χ4n) is 2.06. The summed E-state index contributed by atoms with van der Waals surface area (Å²) in [4.78, 5) is 4.02. The molecule has 2 aromatic rings. The number of rotatable bonds is 6. The molecule has 0 aliphatic carbocycles. The molecule has 9 heteroatoms. The summed E-state index contributed by atoms with van der Waals surface area (Å²) < 4.78 is 28.9. The number of sulfonamides is 1. The van der Waals surface area contributed by atoms with Crippen LogP contribution in [-0.2, 0) is 17.1 Å². The molecule has 0 aliphatic heterocycles. The van der Waals surface area contributed by atoms with Gasteiger partial charge in [-0.25, -0.2) is 18.1 Å². The lowest BCUT2D eigenvalue weighted by Crippen LogP contribution is -2.27. The van der Waals surface area contributed by atoms with Crippen molar-refractivity contribution in [1.82, 2.24) is 19.8 Å². The van der Waals surface area contributed by atoms with Gasteiger partial charge in [0.2, 0.25) is 0 Å². The van der Waals surface area contributed by atoms with Crippen LogP contribution in [0.1, 0.15) is 36.1 Å². The third kappa shape index (κ3) is 3.95. The maximum absolute atomic E-state index is 12.3. The van der Waals surface area contributed by atoms with Crippen LogP contribution in [0.3, 0.4) is 0 Å². The van der Waals surface area contributed by atoms with E-state index in [1.807, 2.05) is 0 Å². The van der Waals surface area contributed by atoms with Gasteiger partial charge in [0.05, 0.1) is 0 Å². The van der Waals surface area contributed by atoms with Gasteiger partial charge < -0.3 is 14.9 Å². The Bertz CT molecular complexity index is 751. The first-order chi connectivity index (χ1) is 10.7. The Kier molecular flexibility index (Phi) is 5.17. The Morgan fingerprint density at radius 3 is 2.26 bits per heavy atom. The Labute approximate surface area is 134 Å². The number of nitrogens with zero attached hydrogens (tertiary/aromatic N) is 2. The summed E-state index contributed by atoms with van der Waals surface area (Å²) in [7, 11) is -2.00. The van der Waals surface area contributed by atoms with Crippen LogP contribution in [0.2, 0.25) is 0 Å². The smallest absolute Gasteiger partial charge is 0.260 e. The van der Waals surface area contributed by atoms with E-state index in [4.69, 9.17) is 5.21 Å². The number of aliphatic hydroxyl groups is 1. The molecule has 126 valence electrons. The highest BCUT2D eigenvalue weighted by molar-refractivity contribution is 7.89. The molecule has 0 bridgehead atoms. The average molecular weight is 340 g/mol. The molecule has 1 heterocycles. The molecule has 0 amide bonds. The van der Waals surface area contributed by atoms with Gasteiger partial charge in [-0.15, -0.1) is 0 Å². The third-order valence-electron chi connectivity index (χ3n) is 3.57. The SMILES string of the molecule is Cc1nc(S(=O)(=O)NC(C)c2ccc(C(O)NO)cc2)cn1C. The lowest BCUT2D eigenvalue weighted by atomic mass is 10.1. The number of aromatic nitrogens is 2. The van der Waals surface area contributed by atoms with Gasteiger partial charge in [0.15, 0.2) is 11.3 Å². The van der Waals surface area contributed by atoms with Gasteiger partial charge in [-0.1, -0.05) is 24.3 Å². The van der Waals surface area contributed by atoms with Crippen molar-refractivity contribution in [3.05, 3.63) is 47.4 Å². The van der Waals surface area contributed by atoms with Gasteiger partial charge in [0, 0.05) is 19.3 Å². The second kappa shape index (κ2) is 6.77. The maximum atomic E-state index is 12.3. The molecule has 0 radical (unpaired) electrons. The molecular weight excluding hydrogens is 320 g/mol. The molecule has 2 atom stereocenters. The van der Waals surface area contributed by atoms with Crippen LogP contribution in [0.4, 0.5) is 0 Å². The Morgan fingerprint density at radius 1 is 1.22 bits per heavy atom. The van der Waals surface area contributed by atoms with E-state index < -0.39 is 22.3 Å². The van der Waals surface area contributed by atoms with E-state index in [0.29, 0.717) is 11.4 Å². The third-order valence-corrected chi connectivity index (χ3v) is 4.98. The van der Waals surface area contributed by atoms with Crippen molar-refractivity contribution in [1.29, 1.82) is 0 Å². The Balaban J connectivity index is 2.16. The van der Waals surface area contributed by atoms with Crippen LogP contribution in [-0.4, -0.2) is 28.3 Å². The molecule has 2 unspecified atom stereocenters. The number of hydrogen-bond acceptors (Lipinski definition) is 6. The van der Waals surface area contributed by atoms with Crippen LogP contribution in [0.5, 0.6) is 0 Å². The van der Waals surface area contributed by atoms with Crippen LogP contribution in [0.15, 0.2) is 35.5 Å². The van der Waals surface area contributed by atoms with E-state index in [2.05, 4.69) is 9.71 Å². The lowest BCUT2D eigenvalue weighted by molar-refractivity contribution is 0.000689. The zero-order valence-corrected chi connectivity index (χ0v) is 13.9. The van der Waals surface area contributed by atoms with E-state index in [9.17, 15) is 13.5 Å². The van der Waals surface area contributed by atoms with E-state index in [-0.39, 0.29) is 5.03 Å². The monoisotopic (exact) mass is 340 g/mol. The molecule has 0 spiro atoms. The summed E-state index contributed by atoms with van der Waals surface area (Å²) in [5.74, 6) is 0.605. The molecule has 23 heavy (non-hydrogen) atoms. The van der Waals surface area contributed by atoms with Gasteiger partial charge in [-0.3, -0.25) is 0 Å². The molecule has 0 saturated heterocycles. The number of hydroxylamine groups is 1. The molecule has 0 aliphatic rings. The number of aliphatic hydroxyl groups excluding tert-OH is 1. The molecule has 1 aromatic carbocycles. The van der Waals surface area contributed by atoms with Gasteiger partial charge >= 0.3 is 0 Å². The summed E-state index contributed by atoms with van der Waals surface area (Å²) in [5, 5.41) is 18.1. The van der Waals surface area contributed by atoms with Gasteiger partial charge in [-0.05, 0) is 25.0 Å². The van der Waals surface area contributed by atoms with Gasteiger partial charge in [0.1, 0.15) is 5.82 Å². The maximum Gasteiger partial charge on any atom is 0.260 e. The van der Waals surface area contributed by atoms with Crippen molar-refractivity contribution < 1.29 is 18.7 Å². The van der Waals surface area contributed by atoms with E-state index in [1.165, 1.54) is 6.20 Å². The van der Waals surface area contributed by atoms with Crippen molar-refractivity contribution in [3.63, 3.8) is 0 Å². The Hall–Kier alpha value is -1.78. The quantitative estimate of drug-likeness (QED) is 0.455. The highest BCUT2D eigenvalue weighted by Crippen LogP contribution is 2.19. The molecule has 0 saturated carbocycles. The standard InChI is InChI=1S/C14H20N4O4S/c1-9(11-4-6-12(7-5-11)14(19)16-20)17-23(21,22)13-8-18(3)10(2)15-13/h4-9,14,16-17,19-20H,1-3H3. The topological polar surface area (TPSA) is 116 Å². The summed E-state index contributed by atoms with van der Waals surface area (Å²) >= 11 is 0. The summed E-state index contributed by atoms with van der Waals surface area (Å²) in [6, 6.07) is 6.06. The van der Waals surface area contributed by atoms with Crippen molar-refractivity contribution in [2.45, 2.75) is 31.1 Å². The number of hydrogen-bond donors (Lipinski definition) is 4. The zero-order chi connectivity index (χ0) is 17.2. The number of benzene rings is 1. The predicted octanol–water partition coefficient (Wildman–Crippen LogP) is 0.738. The zero-order valence-electron chi connectivity index (χ0n) is 13.1. The molecule has 4 N–H and O–H groups in total. The van der Waals surface area contributed by atoms with Crippen LogP contribution in [0, 0.1) is 6.92 Å². The summed E-state index contributed by atoms with van der Waals surface area (Å²) in [6.07, 6.45) is 0.268. The molecule has 2 rings (SSSR count). The molecule has 1 aromatic heterocycles. The first-order valence-corrected chi connectivity index (χ1v) is 8.42. The fraction of sp³-hybridized carbons (Fsp3) is 0.357. The summed E-state index contributed by atoms with van der Waals surface area (Å²) in [5.41, 5.74) is 2.91. The van der Waals surface area contributed by atoms with Gasteiger partial charge in [0.25, 0.3) is 10.0 Å². The van der Waals surface area contributed by atoms with Crippen molar-refractivity contribution in [2.75, 3.05) is 0 Å². The fourth-order valence-corrected chi connectivity index (χ4v) is 3.33. The highest BCUT2D eigenvalue weighted by atomic mass is 32.2. The first kappa shape index (κ1) is 17.6. The largest absolute Gasteiger partial charge is 0.372 e. The normalized spacial score (nSPS) is 14.7. The second-order valence-corrected chi connectivity index (χ2v) is 6.94. The molecular formula is C14H20N4O4S. The average Bonchev–Trinajstić information content (AvgIpc) is 2.86. The minimum atomic E-state index is -3.72. The van der Waals surface area contributed by atoms with Crippen LogP contribution < -0.4 is 10.2 Å². The van der Waals surface area contributed by atoms with Gasteiger partial charge in [-0.2, -0.15) is 5.48 Å². The Morgan fingerprint density at radius 2 is 1.78 bits per heavy atom. The van der Waals surface area contributed by atoms with E-state index >= 15 is 0 Å².